The second kappa shape index (κ2) is 5.93. The van der Waals surface area contributed by atoms with E-state index in [-0.39, 0.29) is 0 Å². The van der Waals surface area contributed by atoms with Gasteiger partial charge in [0.05, 0.1) is 24.4 Å². The van der Waals surface area contributed by atoms with E-state index >= 15 is 0 Å². The molecule has 0 saturated carbocycles. The van der Waals surface area contributed by atoms with Crippen LogP contribution < -0.4 is 14.8 Å². The van der Waals surface area contributed by atoms with Crippen molar-refractivity contribution in [1.82, 2.24) is 4.98 Å². The summed E-state index contributed by atoms with van der Waals surface area (Å²) in [5.41, 5.74) is 3.18. The largest absolute Gasteiger partial charge is 0.493 e. The minimum Gasteiger partial charge on any atom is -0.493 e. The molecule has 0 saturated heterocycles. The summed E-state index contributed by atoms with van der Waals surface area (Å²) in [7, 11) is 3.03. The molecule has 1 unspecified atom stereocenters. The summed E-state index contributed by atoms with van der Waals surface area (Å²) >= 11 is 1.52. The number of ether oxygens (including phenoxy) is 3. The zero-order valence-corrected chi connectivity index (χ0v) is 14.8. The minimum absolute atomic E-state index is 0.384. The number of aryl methyl sites for hydroxylation is 1. The second-order valence-electron chi connectivity index (χ2n) is 5.69. The molecule has 1 N–H and O–H groups in total. The van der Waals surface area contributed by atoms with Crippen molar-refractivity contribution in [2.45, 2.75) is 13.2 Å². The van der Waals surface area contributed by atoms with Gasteiger partial charge in [-0.2, -0.15) is 0 Å². The van der Waals surface area contributed by atoms with E-state index in [4.69, 9.17) is 14.2 Å². The lowest BCUT2D eigenvalue weighted by atomic mass is 10.1. The summed E-state index contributed by atoms with van der Waals surface area (Å²) in [4.78, 5) is 16.9. The number of carbonyl (C=O) groups is 1. The van der Waals surface area contributed by atoms with Crippen molar-refractivity contribution < 1.29 is 19.0 Å². The summed E-state index contributed by atoms with van der Waals surface area (Å²) in [6.45, 7) is 2.04. The first kappa shape index (κ1) is 15.7. The van der Waals surface area contributed by atoms with Gasteiger partial charge in [0.2, 0.25) is 6.23 Å². The number of carbonyl (C=O) groups excluding carboxylic acids is 1. The molecule has 0 spiro atoms. The van der Waals surface area contributed by atoms with E-state index in [1.807, 2.05) is 19.1 Å². The number of methoxy groups -OCH3 is 2. The third-order valence-electron chi connectivity index (χ3n) is 4.09. The third-order valence-corrected chi connectivity index (χ3v) is 5.04. The van der Waals surface area contributed by atoms with E-state index in [9.17, 15) is 4.79 Å². The van der Waals surface area contributed by atoms with Gasteiger partial charge >= 0.3 is 5.97 Å². The van der Waals surface area contributed by atoms with Gasteiger partial charge in [-0.3, -0.25) is 0 Å². The van der Waals surface area contributed by atoms with Gasteiger partial charge in [0, 0.05) is 5.56 Å². The first-order valence-corrected chi connectivity index (χ1v) is 8.52. The molecule has 7 heteroatoms. The van der Waals surface area contributed by atoms with E-state index in [1.165, 1.54) is 31.1 Å². The van der Waals surface area contributed by atoms with Crippen LogP contribution in [0.25, 0.3) is 10.2 Å². The molecule has 128 valence electrons. The number of anilines is 1. The van der Waals surface area contributed by atoms with Crippen LogP contribution in [0.2, 0.25) is 0 Å². The molecule has 6 nitrogen and oxygen atoms in total. The van der Waals surface area contributed by atoms with Crippen LogP contribution in [0.5, 0.6) is 11.5 Å². The van der Waals surface area contributed by atoms with Crippen LogP contribution in [0.15, 0.2) is 30.3 Å². The quantitative estimate of drug-likeness (QED) is 0.715. The lowest BCUT2D eigenvalue weighted by molar-refractivity contribution is 0.0435. The minimum atomic E-state index is -0.607. The summed E-state index contributed by atoms with van der Waals surface area (Å²) in [5.74, 6) is 0.434. The fraction of sp³-hybridized carbons (Fsp3) is 0.222. The van der Waals surface area contributed by atoms with Gasteiger partial charge in [0.15, 0.2) is 16.6 Å². The molecule has 25 heavy (non-hydrogen) atoms. The number of thiazole rings is 1. The molecule has 1 aliphatic heterocycles. The van der Waals surface area contributed by atoms with E-state index in [2.05, 4.69) is 16.4 Å². The van der Waals surface area contributed by atoms with E-state index in [0.29, 0.717) is 27.8 Å². The Morgan fingerprint density at radius 1 is 1.20 bits per heavy atom. The number of hydrogen-bond donors (Lipinski definition) is 1. The number of nitrogens with zero attached hydrogens (tertiary/aromatic N) is 1. The van der Waals surface area contributed by atoms with E-state index in [1.54, 1.807) is 12.1 Å². The Morgan fingerprint density at radius 2 is 2.04 bits per heavy atom. The molecule has 2 heterocycles. The van der Waals surface area contributed by atoms with Gasteiger partial charge in [0.25, 0.3) is 0 Å². The van der Waals surface area contributed by atoms with Gasteiger partial charge in [0.1, 0.15) is 5.56 Å². The number of fused-ring (bicyclic) bond motifs is 2. The Kier molecular flexibility index (Phi) is 3.73. The van der Waals surface area contributed by atoms with Gasteiger partial charge in [-0.1, -0.05) is 17.4 Å². The molecule has 0 amide bonds. The standard InChI is InChI=1S/C18H16N2O4S/c1-9-4-6-11-13(8-9)25-18(19-11)20-16-10-5-7-12(22-2)15(23-3)14(10)17(21)24-16/h4-8,16H,1-3H3,(H,19,20). The molecular weight excluding hydrogens is 340 g/mol. The highest BCUT2D eigenvalue weighted by Gasteiger charge is 2.36. The van der Waals surface area contributed by atoms with Crippen LogP contribution >= 0.6 is 11.3 Å². The SMILES string of the molecule is COc1ccc2c(c1OC)C(=O)OC2Nc1nc2ccc(C)cc2s1. The average molecular weight is 356 g/mol. The molecule has 0 bridgehead atoms. The van der Waals surface area contributed by atoms with Crippen molar-refractivity contribution in [2.24, 2.45) is 0 Å². The smallest absolute Gasteiger partial charge is 0.344 e. The molecule has 1 aliphatic rings. The molecule has 3 aromatic rings. The highest BCUT2D eigenvalue weighted by molar-refractivity contribution is 7.22. The van der Waals surface area contributed by atoms with Gasteiger partial charge in [-0.15, -0.1) is 0 Å². The van der Waals surface area contributed by atoms with E-state index < -0.39 is 12.2 Å². The number of esters is 1. The van der Waals surface area contributed by atoms with Crippen LogP contribution in [0.4, 0.5) is 5.13 Å². The summed E-state index contributed by atoms with van der Waals surface area (Å²) in [5, 5.41) is 3.89. The third kappa shape index (κ3) is 2.56. The Bertz CT molecular complexity index is 983. The molecule has 1 atom stereocenters. The Hall–Kier alpha value is -2.80. The van der Waals surface area contributed by atoms with Crippen LogP contribution in [0.1, 0.15) is 27.7 Å². The normalized spacial score (nSPS) is 15.8. The second-order valence-corrected chi connectivity index (χ2v) is 6.72. The highest BCUT2D eigenvalue weighted by Crippen LogP contribution is 2.42. The molecular formula is C18H16N2O4S. The average Bonchev–Trinajstić information content (AvgIpc) is 3.14. The number of cyclic esters (lactones) is 1. The maximum absolute atomic E-state index is 12.3. The maximum Gasteiger partial charge on any atom is 0.344 e. The maximum atomic E-state index is 12.3. The lowest BCUT2D eigenvalue weighted by Gasteiger charge is -2.13. The predicted octanol–water partition coefficient (Wildman–Crippen LogP) is 3.90. The molecule has 4 rings (SSSR count). The van der Waals surface area contributed by atoms with Gasteiger partial charge in [-0.05, 0) is 36.8 Å². The Balaban J connectivity index is 1.70. The van der Waals surface area contributed by atoms with Crippen LogP contribution in [-0.4, -0.2) is 25.2 Å². The van der Waals surface area contributed by atoms with E-state index in [0.717, 1.165) is 10.2 Å². The summed E-state index contributed by atoms with van der Waals surface area (Å²) in [6, 6.07) is 9.65. The van der Waals surface area contributed by atoms with Crippen LogP contribution in [-0.2, 0) is 4.74 Å². The summed E-state index contributed by atoms with van der Waals surface area (Å²) in [6.07, 6.45) is -0.607. The van der Waals surface area contributed by atoms with Gasteiger partial charge < -0.3 is 19.5 Å². The highest BCUT2D eigenvalue weighted by atomic mass is 32.1. The monoisotopic (exact) mass is 356 g/mol. The predicted molar refractivity (Wildman–Crippen MR) is 95.7 cm³/mol. The number of aromatic nitrogens is 1. The number of nitrogens with one attached hydrogen (secondary N) is 1. The van der Waals surface area contributed by atoms with Crippen molar-refractivity contribution in [2.75, 3.05) is 19.5 Å². The van der Waals surface area contributed by atoms with Crippen molar-refractivity contribution in [1.29, 1.82) is 0 Å². The Morgan fingerprint density at radius 3 is 2.80 bits per heavy atom. The van der Waals surface area contributed by atoms with Crippen molar-refractivity contribution in [3.63, 3.8) is 0 Å². The molecule has 1 aromatic heterocycles. The zero-order chi connectivity index (χ0) is 17.6. The van der Waals surface area contributed by atoms with Crippen molar-refractivity contribution in [3.8, 4) is 11.5 Å². The zero-order valence-electron chi connectivity index (χ0n) is 14.0. The topological polar surface area (TPSA) is 69.7 Å². The van der Waals surface area contributed by atoms with Gasteiger partial charge in [-0.25, -0.2) is 9.78 Å². The lowest BCUT2D eigenvalue weighted by Crippen LogP contribution is -2.09. The molecule has 0 radical (unpaired) electrons. The number of rotatable bonds is 4. The van der Waals surface area contributed by atoms with Crippen LogP contribution in [0, 0.1) is 6.92 Å². The number of hydrogen-bond acceptors (Lipinski definition) is 7. The molecule has 0 fully saturated rings. The summed E-state index contributed by atoms with van der Waals surface area (Å²) < 4.78 is 17.2. The fourth-order valence-electron chi connectivity index (χ4n) is 2.91. The van der Waals surface area contributed by atoms with Crippen molar-refractivity contribution in [3.05, 3.63) is 47.0 Å². The first-order chi connectivity index (χ1) is 12.1. The first-order valence-electron chi connectivity index (χ1n) is 7.70. The molecule has 2 aromatic carbocycles. The Labute approximate surface area is 148 Å². The fourth-order valence-corrected chi connectivity index (χ4v) is 3.89. The molecule has 0 aliphatic carbocycles. The number of benzene rings is 2. The van der Waals surface area contributed by atoms with Crippen molar-refractivity contribution >= 4 is 32.7 Å². The van der Waals surface area contributed by atoms with Crippen LogP contribution in [0.3, 0.4) is 0 Å².